The molecule has 1 aliphatic carbocycles. The topological polar surface area (TPSA) is 123 Å². The van der Waals surface area contributed by atoms with E-state index in [1.807, 2.05) is 11.8 Å². The number of aromatic nitrogens is 3. The third-order valence-electron chi connectivity index (χ3n) is 8.64. The van der Waals surface area contributed by atoms with Crippen LogP contribution in [0.5, 0.6) is 0 Å². The van der Waals surface area contributed by atoms with Crippen molar-refractivity contribution in [1.29, 1.82) is 0 Å². The van der Waals surface area contributed by atoms with E-state index < -0.39 is 27.1 Å². The Morgan fingerprint density at radius 2 is 1.64 bits per heavy atom. The van der Waals surface area contributed by atoms with Gasteiger partial charge in [-0.2, -0.15) is 11.8 Å². The summed E-state index contributed by atoms with van der Waals surface area (Å²) in [5, 5.41) is 3.16. The summed E-state index contributed by atoms with van der Waals surface area (Å²) < 4.78 is 43.2. The zero-order valence-electron chi connectivity index (χ0n) is 23.2. The Balaban J connectivity index is 1.17. The normalized spacial score (nSPS) is 23.1. The molecule has 10 nitrogen and oxygen atoms in total. The van der Waals surface area contributed by atoms with Crippen molar-refractivity contribution in [3.63, 3.8) is 0 Å². The fourth-order valence-electron chi connectivity index (χ4n) is 6.40. The molecule has 3 aliphatic rings. The Kier molecular flexibility index (Phi) is 8.14. The summed E-state index contributed by atoms with van der Waals surface area (Å²) in [6.45, 7) is 0.438. The van der Waals surface area contributed by atoms with E-state index in [0.717, 1.165) is 37.0 Å². The molecule has 0 atom stereocenters. The van der Waals surface area contributed by atoms with Crippen LogP contribution in [0.25, 0.3) is 11.0 Å². The number of carbonyl (C=O) groups is 1. The SMILES string of the molecule is O=C(NC1CCC(n2c(=O)c3cc(F)cnc3n(C3CCSCC3)c2=O)CC1)c1ccc(N2CCCCS2(=O)=O)cc1. The second kappa shape index (κ2) is 11.8. The van der Waals surface area contributed by atoms with Gasteiger partial charge in [-0.05, 0) is 93.2 Å². The number of thioether (sulfide) groups is 1. The molecule has 0 radical (unpaired) electrons. The predicted octanol–water partition coefficient (Wildman–Crippen LogP) is 3.61. The lowest BCUT2D eigenvalue weighted by Crippen LogP contribution is -2.46. The number of fused-ring (bicyclic) bond motifs is 1. The predicted molar refractivity (Wildman–Crippen MR) is 161 cm³/mol. The highest BCUT2D eigenvalue weighted by Crippen LogP contribution is 2.30. The minimum absolute atomic E-state index is 0.0944. The van der Waals surface area contributed by atoms with E-state index in [1.165, 1.54) is 14.9 Å². The van der Waals surface area contributed by atoms with Gasteiger partial charge in [0, 0.05) is 30.2 Å². The van der Waals surface area contributed by atoms with Gasteiger partial charge in [0.1, 0.15) is 11.5 Å². The molecule has 1 N–H and O–H groups in total. The lowest BCUT2D eigenvalue weighted by molar-refractivity contribution is 0.0922. The third kappa shape index (κ3) is 5.60. The van der Waals surface area contributed by atoms with Crippen molar-refractivity contribution in [2.24, 2.45) is 0 Å². The van der Waals surface area contributed by atoms with Gasteiger partial charge in [-0.3, -0.25) is 23.0 Å². The molecule has 2 saturated heterocycles. The highest BCUT2D eigenvalue weighted by atomic mass is 32.2. The van der Waals surface area contributed by atoms with Gasteiger partial charge in [-0.25, -0.2) is 22.6 Å². The summed E-state index contributed by atoms with van der Waals surface area (Å²) in [5.74, 6) is 1.07. The molecule has 6 rings (SSSR count). The van der Waals surface area contributed by atoms with Crippen LogP contribution in [-0.4, -0.2) is 58.3 Å². The number of sulfonamides is 1. The molecular formula is C29H34FN5O5S2. The van der Waals surface area contributed by atoms with Crippen LogP contribution < -0.4 is 20.9 Å². The lowest BCUT2D eigenvalue weighted by atomic mass is 9.90. The number of hydrogen-bond acceptors (Lipinski definition) is 7. The van der Waals surface area contributed by atoms with Crippen molar-refractivity contribution in [3.05, 3.63) is 68.7 Å². The Morgan fingerprint density at radius 1 is 0.952 bits per heavy atom. The molecule has 224 valence electrons. The van der Waals surface area contributed by atoms with E-state index in [1.54, 1.807) is 28.8 Å². The maximum atomic E-state index is 14.2. The van der Waals surface area contributed by atoms with Gasteiger partial charge in [0.25, 0.3) is 11.5 Å². The highest BCUT2D eigenvalue weighted by molar-refractivity contribution is 7.99. The van der Waals surface area contributed by atoms with Crippen LogP contribution >= 0.6 is 11.8 Å². The summed E-state index contributed by atoms with van der Waals surface area (Å²) in [6, 6.07) is 7.17. The van der Waals surface area contributed by atoms with Gasteiger partial charge in [0.05, 0.1) is 23.0 Å². The Morgan fingerprint density at radius 3 is 2.33 bits per heavy atom. The molecule has 1 amide bonds. The number of hydrogen-bond donors (Lipinski definition) is 1. The number of anilines is 1. The number of benzene rings is 1. The van der Waals surface area contributed by atoms with Crippen molar-refractivity contribution in [1.82, 2.24) is 19.4 Å². The summed E-state index contributed by atoms with van der Waals surface area (Å²) >= 11 is 1.83. The molecule has 0 spiro atoms. The highest BCUT2D eigenvalue weighted by Gasteiger charge is 2.30. The van der Waals surface area contributed by atoms with Crippen LogP contribution in [-0.2, 0) is 10.0 Å². The maximum Gasteiger partial charge on any atom is 0.333 e. The zero-order valence-corrected chi connectivity index (χ0v) is 24.8. The fraction of sp³-hybridized carbons (Fsp3) is 0.517. The van der Waals surface area contributed by atoms with Crippen LogP contribution in [0.2, 0.25) is 0 Å². The molecule has 0 unspecified atom stereocenters. The number of amides is 1. The number of nitrogens with zero attached hydrogens (tertiary/aromatic N) is 4. The van der Waals surface area contributed by atoms with Gasteiger partial charge in [0.2, 0.25) is 10.0 Å². The maximum absolute atomic E-state index is 14.2. The first-order chi connectivity index (χ1) is 20.2. The monoisotopic (exact) mass is 615 g/mol. The Bertz CT molecular complexity index is 1710. The zero-order chi connectivity index (χ0) is 29.4. The minimum Gasteiger partial charge on any atom is -0.349 e. The Hall–Kier alpha value is -3.19. The summed E-state index contributed by atoms with van der Waals surface area (Å²) in [7, 11) is -3.33. The van der Waals surface area contributed by atoms with Crippen molar-refractivity contribution < 1.29 is 17.6 Å². The standard InChI is InChI=1S/C29H34FN5O5S2/c30-20-17-25-26(31-18-20)34(24-11-14-41-15-12-24)29(38)35(28(25)37)23-9-5-21(6-10-23)32-27(36)19-3-7-22(8-4-19)33-13-1-2-16-42(33,39)40/h3-4,7-8,17-18,21,23-24H,1-2,5-6,9-16H2,(H,32,36). The molecule has 4 heterocycles. The average Bonchev–Trinajstić information content (AvgIpc) is 2.99. The van der Waals surface area contributed by atoms with Crippen molar-refractivity contribution in [2.45, 2.75) is 69.5 Å². The van der Waals surface area contributed by atoms with E-state index in [-0.39, 0.29) is 40.8 Å². The first-order valence-corrected chi connectivity index (χ1v) is 17.3. The second-order valence-electron chi connectivity index (χ2n) is 11.3. The van der Waals surface area contributed by atoms with E-state index in [0.29, 0.717) is 49.9 Å². The molecule has 2 aromatic heterocycles. The van der Waals surface area contributed by atoms with Gasteiger partial charge in [-0.1, -0.05) is 0 Å². The van der Waals surface area contributed by atoms with Crippen LogP contribution in [0, 0.1) is 5.82 Å². The molecule has 1 aromatic carbocycles. The van der Waals surface area contributed by atoms with Gasteiger partial charge >= 0.3 is 5.69 Å². The van der Waals surface area contributed by atoms with Crippen molar-refractivity contribution in [3.8, 4) is 0 Å². The molecule has 1 saturated carbocycles. The fourth-order valence-corrected chi connectivity index (χ4v) is 9.13. The second-order valence-corrected chi connectivity index (χ2v) is 14.6. The molecule has 3 aromatic rings. The third-order valence-corrected chi connectivity index (χ3v) is 11.6. The van der Waals surface area contributed by atoms with E-state index in [4.69, 9.17) is 0 Å². The molecule has 3 fully saturated rings. The van der Waals surface area contributed by atoms with E-state index in [2.05, 4.69) is 10.3 Å². The summed E-state index contributed by atoms with van der Waals surface area (Å²) in [4.78, 5) is 44.4. The molecular weight excluding hydrogens is 581 g/mol. The molecule has 0 bridgehead atoms. The number of nitrogens with one attached hydrogen (secondary N) is 1. The van der Waals surface area contributed by atoms with Crippen LogP contribution in [0.3, 0.4) is 0 Å². The minimum atomic E-state index is -3.33. The number of rotatable bonds is 5. The van der Waals surface area contributed by atoms with Crippen LogP contribution in [0.1, 0.15) is 73.8 Å². The lowest BCUT2D eigenvalue weighted by Gasteiger charge is -2.31. The number of halogens is 1. The van der Waals surface area contributed by atoms with Gasteiger partial charge in [0.15, 0.2) is 0 Å². The van der Waals surface area contributed by atoms with Crippen molar-refractivity contribution >= 4 is 44.4 Å². The van der Waals surface area contributed by atoms with Crippen molar-refractivity contribution in [2.75, 3.05) is 28.1 Å². The van der Waals surface area contributed by atoms with Gasteiger partial charge in [-0.15, -0.1) is 0 Å². The van der Waals surface area contributed by atoms with Gasteiger partial charge < -0.3 is 5.32 Å². The Labute approximate surface area is 247 Å². The first kappa shape index (κ1) is 28.9. The van der Waals surface area contributed by atoms with Crippen LogP contribution in [0.4, 0.5) is 10.1 Å². The van der Waals surface area contributed by atoms with E-state index in [9.17, 15) is 27.2 Å². The number of carbonyl (C=O) groups excluding carboxylic acids is 1. The first-order valence-electron chi connectivity index (χ1n) is 14.5. The smallest absolute Gasteiger partial charge is 0.333 e. The summed E-state index contributed by atoms with van der Waals surface area (Å²) in [6.07, 6.45) is 6.25. The molecule has 42 heavy (non-hydrogen) atoms. The quantitative estimate of drug-likeness (QED) is 0.465. The van der Waals surface area contributed by atoms with Crippen LogP contribution in [0.15, 0.2) is 46.1 Å². The van der Waals surface area contributed by atoms with E-state index >= 15 is 0 Å². The largest absolute Gasteiger partial charge is 0.349 e. The molecule has 13 heteroatoms. The number of pyridine rings is 1. The molecule has 2 aliphatic heterocycles. The summed E-state index contributed by atoms with van der Waals surface area (Å²) in [5.41, 5.74) is 0.312. The average molecular weight is 616 g/mol.